The molecule has 3 aromatic rings. The monoisotopic (exact) mass is 368 g/mol. The average molecular weight is 368 g/mol. The molecule has 26 heavy (non-hydrogen) atoms. The molecular formula is C18H16N4O3S. The first kappa shape index (κ1) is 16.5. The number of hydrogen-bond acceptors (Lipinski definition) is 5. The third-order valence-electron chi connectivity index (χ3n) is 4.39. The summed E-state index contributed by atoms with van der Waals surface area (Å²) >= 11 is 1.61. The van der Waals surface area contributed by atoms with E-state index in [1.807, 2.05) is 24.4 Å². The second kappa shape index (κ2) is 6.38. The van der Waals surface area contributed by atoms with Crippen LogP contribution in [0.4, 0.5) is 5.69 Å². The minimum atomic E-state index is -0.584. The Morgan fingerprint density at radius 1 is 1.31 bits per heavy atom. The van der Waals surface area contributed by atoms with E-state index in [2.05, 4.69) is 16.0 Å². The minimum absolute atomic E-state index is 0.109. The van der Waals surface area contributed by atoms with Crippen LogP contribution in [0.1, 0.15) is 10.6 Å². The van der Waals surface area contributed by atoms with Gasteiger partial charge >= 0.3 is 5.69 Å². The zero-order valence-corrected chi connectivity index (χ0v) is 14.9. The number of hydrogen-bond donors (Lipinski definition) is 1. The van der Waals surface area contributed by atoms with E-state index in [9.17, 15) is 14.4 Å². The Hall–Kier alpha value is -3.00. The molecule has 0 unspecified atom stereocenters. The van der Waals surface area contributed by atoms with Crippen LogP contribution in [0.5, 0.6) is 0 Å². The Balaban J connectivity index is 1.58. The number of benzene rings is 1. The highest BCUT2D eigenvalue weighted by atomic mass is 32.1. The lowest BCUT2D eigenvalue weighted by atomic mass is 10.1. The van der Waals surface area contributed by atoms with Crippen LogP contribution in [-0.4, -0.2) is 27.0 Å². The van der Waals surface area contributed by atoms with E-state index < -0.39 is 11.2 Å². The van der Waals surface area contributed by atoms with Crippen LogP contribution >= 0.6 is 11.3 Å². The number of aryl methyl sites for hydroxylation is 1. The fraction of sp³-hybridized carbons (Fsp3) is 0.222. The lowest BCUT2D eigenvalue weighted by molar-refractivity contribution is -0.119. The number of fused-ring (bicyclic) bond motifs is 1. The highest BCUT2D eigenvalue weighted by Gasteiger charge is 2.25. The summed E-state index contributed by atoms with van der Waals surface area (Å²) in [6, 6.07) is 7.20. The van der Waals surface area contributed by atoms with Gasteiger partial charge in [0.1, 0.15) is 6.54 Å². The van der Waals surface area contributed by atoms with Crippen molar-refractivity contribution < 1.29 is 4.79 Å². The molecule has 0 spiro atoms. The molecule has 0 aliphatic carbocycles. The summed E-state index contributed by atoms with van der Waals surface area (Å²) in [5, 5.41) is 3.04. The van der Waals surface area contributed by atoms with Gasteiger partial charge in [0, 0.05) is 35.4 Å². The third-order valence-corrected chi connectivity index (χ3v) is 5.17. The van der Waals surface area contributed by atoms with Crippen molar-refractivity contribution >= 4 is 22.9 Å². The zero-order valence-electron chi connectivity index (χ0n) is 14.1. The molecule has 0 fully saturated rings. The summed E-state index contributed by atoms with van der Waals surface area (Å²) in [6.07, 6.45) is 2.10. The van der Waals surface area contributed by atoms with Gasteiger partial charge in [-0.25, -0.2) is 9.78 Å². The van der Waals surface area contributed by atoms with E-state index in [1.165, 1.54) is 16.8 Å². The average Bonchev–Trinajstić information content (AvgIpc) is 3.23. The Labute approximate surface area is 152 Å². The molecule has 4 rings (SSSR count). The first-order valence-electron chi connectivity index (χ1n) is 8.17. The van der Waals surface area contributed by atoms with Crippen molar-refractivity contribution in [3.63, 3.8) is 0 Å². The van der Waals surface area contributed by atoms with E-state index in [4.69, 9.17) is 0 Å². The van der Waals surface area contributed by atoms with Gasteiger partial charge in [-0.3, -0.25) is 19.1 Å². The summed E-state index contributed by atoms with van der Waals surface area (Å²) in [7, 11) is 0. The SMILES string of the molecule is Cc1nc(-c2ccc3c(c2)CCN3C(=O)Cn2ccc(=O)[nH]c2=O)cs1. The lowest BCUT2D eigenvalue weighted by Crippen LogP contribution is -2.37. The molecule has 0 radical (unpaired) electrons. The maximum Gasteiger partial charge on any atom is 0.328 e. The van der Waals surface area contributed by atoms with E-state index in [0.717, 1.165) is 33.9 Å². The molecule has 1 aliphatic heterocycles. The second-order valence-corrected chi connectivity index (χ2v) is 7.19. The highest BCUT2D eigenvalue weighted by Crippen LogP contribution is 2.32. The van der Waals surface area contributed by atoms with Crippen LogP contribution in [0.2, 0.25) is 0 Å². The summed E-state index contributed by atoms with van der Waals surface area (Å²) in [4.78, 5) is 43.9. The number of carbonyl (C=O) groups is 1. The quantitative estimate of drug-likeness (QED) is 0.760. The smallest absolute Gasteiger partial charge is 0.310 e. The molecule has 1 amide bonds. The molecular weight excluding hydrogens is 352 g/mol. The van der Waals surface area contributed by atoms with Gasteiger partial charge in [-0.05, 0) is 31.0 Å². The third kappa shape index (κ3) is 2.99. The number of carbonyl (C=O) groups excluding carboxylic acids is 1. The summed E-state index contributed by atoms with van der Waals surface area (Å²) in [5.74, 6) is -0.185. The van der Waals surface area contributed by atoms with Crippen LogP contribution in [0, 0.1) is 6.92 Å². The zero-order chi connectivity index (χ0) is 18.3. The van der Waals surface area contributed by atoms with Crippen LogP contribution in [0.15, 0.2) is 45.4 Å². The maximum absolute atomic E-state index is 12.6. The number of nitrogens with zero attached hydrogens (tertiary/aromatic N) is 3. The van der Waals surface area contributed by atoms with Crippen LogP contribution < -0.4 is 16.1 Å². The first-order valence-corrected chi connectivity index (χ1v) is 9.05. The van der Waals surface area contributed by atoms with Gasteiger partial charge < -0.3 is 4.90 Å². The number of thiazole rings is 1. The molecule has 1 N–H and O–H groups in total. The Bertz CT molecular complexity index is 1110. The Kier molecular flexibility index (Phi) is 4.04. The lowest BCUT2D eigenvalue weighted by Gasteiger charge is -2.18. The van der Waals surface area contributed by atoms with Crippen LogP contribution in [-0.2, 0) is 17.8 Å². The number of nitrogens with one attached hydrogen (secondary N) is 1. The van der Waals surface area contributed by atoms with E-state index in [1.54, 1.807) is 16.2 Å². The Morgan fingerprint density at radius 2 is 2.15 bits per heavy atom. The van der Waals surface area contributed by atoms with Crippen LogP contribution in [0.25, 0.3) is 11.3 Å². The van der Waals surface area contributed by atoms with Crippen molar-refractivity contribution in [3.05, 3.63) is 67.3 Å². The number of amides is 1. The topological polar surface area (TPSA) is 88.1 Å². The molecule has 0 saturated heterocycles. The van der Waals surface area contributed by atoms with E-state index in [-0.39, 0.29) is 12.5 Å². The first-order chi connectivity index (χ1) is 12.5. The molecule has 0 saturated carbocycles. The van der Waals surface area contributed by atoms with E-state index in [0.29, 0.717) is 6.54 Å². The summed E-state index contributed by atoms with van der Waals surface area (Å²) in [6.45, 7) is 2.44. The molecule has 1 aliphatic rings. The highest BCUT2D eigenvalue weighted by molar-refractivity contribution is 7.09. The molecule has 1 aromatic carbocycles. The number of rotatable bonds is 3. The van der Waals surface area contributed by atoms with Crippen molar-refractivity contribution in [1.29, 1.82) is 0 Å². The van der Waals surface area contributed by atoms with Crippen molar-refractivity contribution in [3.8, 4) is 11.3 Å². The molecule has 0 bridgehead atoms. The molecule has 3 heterocycles. The van der Waals surface area contributed by atoms with Gasteiger partial charge in [-0.2, -0.15) is 0 Å². The van der Waals surface area contributed by atoms with Gasteiger partial charge in [0.15, 0.2) is 0 Å². The predicted octanol–water partition coefficient (Wildman–Crippen LogP) is 1.56. The number of H-pyrrole nitrogens is 1. The van der Waals surface area contributed by atoms with Gasteiger partial charge in [0.05, 0.1) is 10.7 Å². The maximum atomic E-state index is 12.6. The van der Waals surface area contributed by atoms with Gasteiger partial charge in [0.2, 0.25) is 5.91 Å². The van der Waals surface area contributed by atoms with Crippen molar-refractivity contribution in [2.24, 2.45) is 0 Å². The fourth-order valence-electron chi connectivity index (χ4n) is 3.12. The van der Waals surface area contributed by atoms with Crippen molar-refractivity contribution in [2.75, 3.05) is 11.4 Å². The van der Waals surface area contributed by atoms with E-state index >= 15 is 0 Å². The fourth-order valence-corrected chi connectivity index (χ4v) is 3.74. The van der Waals surface area contributed by atoms with Gasteiger partial charge in [-0.15, -0.1) is 11.3 Å². The van der Waals surface area contributed by atoms with Gasteiger partial charge in [-0.1, -0.05) is 6.07 Å². The van der Waals surface area contributed by atoms with Crippen molar-refractivity contribution in [2.45, 2.75) is 19.9 Å². The molecule has 8 heteroatoms. The van der Waals surface area contributed by atoms with Crippen LogP contribution in [0.3, 0.4) is 0 Å². The van der Waals surface area contributed by atoms with Gasteiger partial charge in [0.25, 0.3) is 5.56 Å². The number of aromatic nitrogens is 3. The molecule has 0 atom stereocenters. The predicted molar refractivity (Wildman–Crippen MR) is 99.7 cm³/mol. The molecule has 2 aromatic heterocycles. The normalized spacial score (nSPS) is 13.0. The molecule has 132 valence electrons. The number of aromatic amines is 1. The number of anilines is 1. The molecule has 7 nitrogen and oxygen atoms in total. The Morgan fingerprint density at radius 3 is 2.88 bits per heavy atom. The minimum Gasteiger partial charge on any atom is -0.310 e. The summed E-state index contributed by atoms with van der Waals surface area (Å²) < 4.78 is 1.20. The summed E-state index contributed by atoms with van der Waals surface area (Å²) in [5.41, 5.74) is 2.88. The van der Waals surface area contributed by atoms with Crippen molar-refractivity contribution in [1.82, 2.24) is 14.5 Å². The standard InChI is InChI=1S/C18H16N4O3S/c1-11-19-14(10-26-11)12-2-3-15-13(8-12)4-7-22(15)17(24)9-21-6-5-16(23)20-18(21)25/h2-3,5-6,8,10H,4,7,9H2,1H3,(H,20,23,25). The largest absolute Gasteiger partial charge is 0.328 e. The second-order valence-electron chi connectivity index (χ2n) is 6.13.